The maximum absolute atomic E-state index is 5.83. The van der Waals surface area contributed by atoms with Gasteiger partial charge in [-0.05, 0) is 25.2 Å². The molecule has 1 atom stereocenters. The molecule has 1 rings (SSSR count). The van der Waals surface area contributed by atoms with Crippen LogP contribution < -0.4 is 16.0 Å². The molecule has 0 aliphatic carbocycles. The van der Waals surface area contributed by atoms with Gasteiger partial charge in [0, 0.05) is 11.3 Å². The molecule has 102 valence electrons. The number of ether oxygens (including phenoxy) is 1. The third-order valence-corrected chi connectivity index (χ3v) is 3.65. The average molecular weight is 268 g/mol. The number of hydrazine groups is 1. The van der Waals surface area contributed by atoms with Crippen molar-refractivity contribution in [2.75, 3.05) is 5.75 Å². The zero-order chi connectivity index (χ0) is 13.5. The molecule has 0 spiro atoms. The zero-order valence-electron chi connectivity index (χ0n) is 11.6. The molecule has 0 saturated carbocycles. The molecule has 3 N–H and O–H groups in total. The van der Waals surface area contributed by atoms with Gasteiger partial charge < -0.3 is 4.74 Å². The molecular formula is C14H24N2OS. The van der Waals surface area contributed by atoms with Crippen molar-refractivity contribution in [1.82, 2.24) is 5.43 Å². The molecule has 1 aromatic carbocycles. The summed E-state index contributed by atoms with van der Waals surface area (Å²) in [6.07, 6.45) is 0.169. The van der Waals surface area contributed by atoms with E-state index >= 15 is 0 Å². The maximum Gasteiger partial charge on any atom is 0.124 e. The van der Waals surface area contributed by atoms with Crippen molar-refractivity contribution >= 4 is 11.8 Å². The number of thioether (sulfide) groups is 1. The van der Waals surface area contributed by atoms with Crippen LogP contribution >= 0.6 is 11.8 Å². The second-order valence-electron chi connectivity index (χ2n) is 4.81. The molecular weight excluding hydrogens is 244 g/mol. The summed E-state index contributed by atoms with van der Waals surface area (Å²) in [7, 11) is 0. The van der Waals surface area contributed by atoms with Crippen molar-refractivity contribution < 1.29 is 4.74 Å². The van der Waals surface area contributed by atoms with Crippen molar-refractivity contribution in [1.29, 1.82) is 0 Å². The van der Waals surface area contributed by atoms with E-state index in [1.807, 2.05) is 43.8 Å². The number of nitrogens with one attached hydrogen (secondary N) is 1. The first kappa shape index (κ1) is 15.3. The van der Waals surface area contributed by atoms with Crippen LogP contribution in [0.25, 0.3) is 0 Å². The molecule has 0 radical (unpaired) electrons. The minimum atomic E-state index is 0.118. The highest BCUT2D eigenvalue weighted by Crippen LogP contribution is 2.28. The quantitative estimate of drug-likeness (QED) is 0.589. The number of benzene rings is 1. The fraction of sp³-hybridized carbons (Fsp3) is 0.571. The summed E-state index contributed by atoms with van der Waals surface area (Å²) in [4.78, 5) is 0. The van der Waals surface area contributed by atoms with Crippen molar-refractivity contribution in [2.45, 2.75) is 45.1 Å². The van der Waals surface area contributed by atoms with Crippen LogP contribution in [0.2, 0.25) is 0 Å². The number of hydrogen-bond donors (Lipinski definition) is 2. The Labute approximate surface area is 114 Å². The topological polar surface area (TPSA) is 47.3 Å². The summed E-state index contributed by atoms with van der Waals surface area (Å²) >= 11 is 1.89. The number of rotatable bonds is 7. The maximum atomic E-state index is 5.83. The molecule has 4 heteroatoms. The Kier molecular flexibility index (Phi) is 6.54. The van der Waals surface area contributed by atoms with Gasteiger partial charge in [-0.3, -0.25) is 11.3 Å². The summed E-state index contributed by atoms with van der Waals surface area (Å²) in [6, 6.07) is 8.20. The van der Waals surface area contributed by atoms with Crippen molar-refractivity contribution in [3.05, 3.63) is 29.8 Å². The molecule has 0 aliphatic heterocycles. The van der Waals surface area contributed by atoms with E-state index in [4.69, 9.17) is 10.6 Å². The van der Waals surface area contributed by atoms with E-state index in [1.165, 1.54) is 0 Å². The molecule has 3 nitrogen and oxygen atoms in total. The molecule has 0 aromatic heterocycles. The summed E-state index contributed by atoms with van der Waals surface area (Å²) < 4.78 is 5.83. The van der Waals surface area contributed by atoms with Crippen LogP contribution in [0, 0.1) is 0 Å². The van der Waals surface area contributed by atoms with Gasteiger partial charge in [0.25, 0.3) is 0 Å². The van der Waals surface area contributed by atoms with Gasteiger partial charge in [-0.25, -0.2) is 0 Å². The van der Waals surface area contributed by atoms with Gasteiger partial charge in [0.15, 0.2) is 0 Å². The molecule has 1 aromatic rings. The summed E-state index contributed by atoms with van der Waals surface area (Å²) in [5, 5.41) is 0.596. The predicted molar refractivity (Wildman–Crippen MR) is 79.9 cm³/mol. The van der Waals surface area contributed by atoms with Crippen molar-refractivity contribution in [3.63, 3.8) is 0 Å². The van der Waals surface area contributed by atoms with Gasteiger partial charge in [0.2, 0.25) is 0 Å². The van der Waals surface area contributed by atoms with Crippen LogP contribution in [0.1, 0.15) is 39.3 Å². The van der Waals surface area contributed by atoms with Crippen molar-refractivity contribution in [2.24, 2.45) is 5.84 Å². The van der Waals surface area contributed by atoms with Gasteiger partial charge in [-0.1, -0.05) is 32.0 Å². The molecule has 0 fully saturated rings. The lowest BCUT2D eigenvalue weighted by Gasteiger charge is -2.21. The summed E-state index contributed by atoms with van der Waals surface area (Å²) in [5.74, 6) is 7.53. The monoisotopic (exact) mass is 268 g/mol. The van der Waals surface area contributed by atoms with Gasteiger partial charge in [-0.2, -0.15) is 11.8 Å². The molecule has 0 heterocycles. The fourth-order valence-electron chi connectivity index (χ4n) is 1.65. The van der Waals surface area contributed by atoms with Crippen LogP contribution in [0.3, 0.4) is 0 Å². The van der Waals surface area contributed by atoms with E-state index in [2.05, 4.69) is 25.3 Å². The molecule has 1 unspecified atom stereocenters. The minimum absolute atomic E-state index is 0.118. The first-order chi connectivity index (χ1) is 8.54. The van der Waals surface area contributed by atoms with E-state index < -0.39 is 0 Å². The summed E-state index contributed by atoms with van der Waals surface area (Å²) in [6.45, 7) is 8.44. The van der Waals surface area contributed by atoms with Crippen LogP contribution in [0.4, 0.5) is 0 Å². The largest absolute Gasteiger partial charge is 0.491 e. The van der Waals surface area contributed by atoms with E-state index in [-0.39, 0.29) is 12.1 Å². The molecule has 18 heavy (non-hydrogen) atoms. The number of para-hydroxylation sites is 1. The standard InChI is InChI=1S/C14H24N2OS/c1-10(2)17-14-8-6-5-7-12(14)13(16-15)9-18-11(3)4/h5-8,10-11,13,16H,9,15H2,1-4H3. The molecule has 0 aliphatic rings. The predicted octanol–water partition coefficient (Wildman–Crippen LogP) is 3.12. The lowest BCUT2D eigenvalue weighted by molar-refractivity contribution is 0.238. The Morgan fingerprint density at radius 3 is 2.44 bits per heavy atom. The Hall–Kier alpha value is -0.710. The van der Waals surface area contributed by atoms with Gasteiger partial charge in [0.05, 0.1) is 12.1 Å². The summed E-state index contributed by atoms with van der Waals surface area (Å²) in [5.41, 5.74) is 4.01. The third kappa shape index (κ3) is 4.88. The first-order valence-corrected chi connectivity index (χ1v) is 7.42. The number of hydrogen-bond acceptors (Lipinski definition) is 4. The highest BCUT2D eigenvalue weighted by molar-refractivity contribution is 7.99. The highest BCUT2D eigenvalue weighted by atomic mass is 32.2. The van der Waals surface area contributed by atoms with Gasteiger partial charge >= 0.3 is 0 Å². The fourth-order valence-corrected chi connectivity index (χ4v) is 2.50. The lowest BCUT2D eigenvalue weighted by atomic mass is 10.1. The van der Waals surface area contributed by atoms with E-state index in [9.17, 15) is 0 Å². The van der Waals surface area contributed by atoms with Crippen LogP contribution in [0.5, 0.6) is 5.75 Å². The Balaban J connectivity index is 2.83. The van der Waals surface area contributed by atoms with Crippen molar-refractivity contribution in [3.8, 4) is 5.75 Å². The van der Waals surface area contributed by atoms with Crippen LogP contribution in [0.15, 0.2) is 24.3 Å². The zero-order valence-corrected chi connectivity index (χ0v) is 12.5. The smallest absolute Gasteiger partial charge is 0.124 e. The highest BCUT2D eigenvalue weighted by Gasteiger charge is 2.16. The van der Waals surface area contributed by atoms with E-state index in [0.29, 0.717) is 5.25 Å². The number of nitrogens with two attached hydrogens (primary N) is 1. The van der Waals surface area contributed by atoms with E-state index in [1.54, 1.807) is 0 Å². The third-order valence-electron chi connectivity index (χ3n) is 2.45. The van der Waals surface area contributed by atoms with Gasteiger partial charge in [-0.15, -0.1) is 0 Å². The molecule has 0 saturated heterocycles. The van der Waals surface area contributed by atoms with E-state index in [0.717, 1.165) is 17.1 Å². The minimum Gasteiger partial charge on any atom is -0.491 e. The van der Waals surface area contributed by atoms with Crippen LogP contribution in [-0.2, 0) is 0 Å². The lowest BCUT2D eigenvalue weighted by Crippen LogP contribution is -2.30. The first-order valence-electron chi connectivity index (χ1n) is 6.38. The average Bonchev–Trinajstić information content (AvgIpc) is 2.30. The Morgan fingerprint density at radius 1 is 1.22 bits per heavy atom. The molecule has 0 amide bonds. The van der Waals surface area contributed by atoms with Gasteiger partial charge in [0.1, 0.15) is 5.75 Å². The molecule has 0 bridgehead atoms. The Morgan fingerprint density at radius 2 is 1.89 bits per heavy atom. The Bertz CT molecular complexity index is 355. The second kappa shape index (κ2) is 7.67. The second-order valence-corrected chi connectivity index (χ2v) is 6.42. The normalized spacial score (nSPS) is 13.1. The SMILES string of the molecule is CC(C)Oc1ccccc1C(CSC(C)C)NN. The van der Waals surface area contributed by atoms with Crippen LogP contribution in [-0.4, -0.2) is 17.1 Å².